The molecule has 0 bridgehead atoms. The highest BCUT2D eigenvalue weighted by molar-refractivity contribution is 7.99. The van der Waals surface area contributed by atoms with E-state index in [0.717, 1.165) is 55.2 Å². The first-order valence-corrected chi connectivity index (χ1v) is 13.8. The molecule has 2 aliphatic heterocycles. The van der Waals surface area contributed by atoms with Crippen LogP contribution in [0.15, 0.2) is 59.0 Å². The van der Waals surface area contributed by atoms with Gasteiger partial charge in [0.2, 0.25) is 5.95 Å². The second kappa shape index (κ2) is 12.1. The highest BCUT2D eigenvalue weighted by Gasteiger charge is 2.34. The van der Waals surface area contributed by atoms with Crippen molar-refractivity contribution in [1.29, 1.82) is 0 Å². The van der Waals surface area contributed by atoms with E-state index in [1.165, 1.54) is 30.3 Å². The van der Waals surface area contributed by atoms with E-state index in [2.05, 4.69) is 30.5 Å². The van der Waals surface area contributed by atoms with E-state index in [4.69, 9.17) is 21.9 Å². The highest BCUT2D eigenvalue weighted by Crippen LogP contribution is 2.34. The number of hydrogen-bond donors (Lipinski definition) is 2. The van der Waals surface area contributed by atoms with Gasteiger partial charge in [-0.15, -0.1) is 0 Å². The minimum Gasteiger partial charge on any atom is -0.381 e. The number of aromatic nitrogens is 4. The van der Waals surface area contributed by atoms with Gasteiger partial charge < -0.3 is 20.3 Å². The Labute approximate surface area is 225 Å². The standard InChI is InChI=1S/C26H30FN7OS2/c27-20-7-5-19(6-8-20)26(9-15-35-16-10-26)18-30-24(36)33-23-31-21(34-13-2-1-3-14-34)17-22(32-23)37-25-28-11-4-12-29-25/h4-8,11-12,17H,1-3,9-10,13-16,18H2,(H2,30,31,32,33,36). The summed E-state index contributed by atoms with van der Waals surface area (Å²) in [6, 6.07) is 10.5. The zero-order chi connectivity index (χ0) is 25.5. The number of ether oxygens (including phenoxy) is 1. The molecule has 2 fully saturated rings. The van der Waals surface area contributed by atoms with Gasteiger partial charge in [-0.2, -0.15) is 4.98 Å². The van der Waals surface area contributed by atoms with E-state index >= 15 is 0 Å². The van der Waals surface area contributed by atoms with E-state index in [1.807, 2.05) is 18.2 Å². The minimum atomic E-state index is -0.239. The van der Waals surface area contributed by atoms with Crippen LogP contribution < -0.4 is 15.5 Å². The summed E-state index contributed by atoms with van der Waals surface area (Å²) in [7, 11) is 0. The molecule has 5 rings (SSSR count). The number of halogens is 1. The first kappa shape index (κ1) is 25.7. The van der Waals surface area contributed by atoms with Gasteiger partial charge in [0, 0.05) is 56.7 Å². The summed E-state index contributed by atoms with van der Waals surface area (Å²) in [6.07, 6.45) is 8.61. The number of benzene rings is 1. The first-order valence-electron chi connectivity index (χ1n) is 12.6. The fraction of sp³-hybridized carbons (Fsp3) is 0.423. The van der Waals surface area contributed by atoms with Gasteiger partial charge in [0.15, 0.2) is 10.3 Å². The number of nitrogens with one attached hydrogen (secondary N) is 2. The van der Waals surface area contributed by atoms with E-state index < -0.39 is 0 Å². The van der Waals surface area contributed by atoms with Crippen molar-refractivity contribution in [2.75, 3.05) is 43.1 Å². The maximum Gasteiger partial charge on any atom is 0.232 e. The summed E-state index contributed by atoms with van der Waals surface area (Å²) in [5.41, 5.74) is 0.886. The molecule has 0 unspecified atom stereocenters. The molecule has 2 saturated heterocycles. The van der Waals surface area contributed by atoms with Crippen LogP contribution in [0.4, 0.5) is 16.2 Å². The van der Waals surface area contributed by atoms with Crippen molar-refractivity contribution in [2.24, 2.45) is 0 Å². The van der Waals surface area contributed by atoms with Crippen LogP contribution in [-0.4, -0.2) is 57.9 Å². The van der Waals surface area contributed by atoms with Crippen molar-refractivity contribution >= 4 is 40.9 Å². The fourth-order valence-corrected chi connectivity index (χ4v) is 5.64. The lowest BCUT2D eigenvalue weighted by molar-refractivity contribution is 0.0515. The second-order valence-corrected chi connectivity index (χ2v) is 10.7. The molecule has 4 heterocycles. The van der Waals surface area contributed by atoms with Gasteiger partial charge in [0.1, 0.15) is 16.7 Å². The van der Waals surface area contributed by atoms with Crippen LogP contribution in [0.1, 0.15) is 37.7 Å². The van der Waals surface area contributed by atoms with Crippen molar-refractivity contribution in [3.63, 3.8) is 0 Å². The van der Waals surface area contributed by atoms with E-state index in [-0.39, 0.29) is 11.2 Å². The van der Waals surface area contributed by atoms with Crippen molar-refractivity contribution in [2.45, 2.75) is 47.7 Å². The SMILES string of the molecule is Fc1ccc(C2(CNC(=S)Nc3nc(Sc4ncccn4)cc(N4CCCCC4)n3)CCOCC2)cc1. The first-order chi connectivity index (χ1) is 18.1. The second-order valence-electron chi connectivity index (χ2n) is 9.28. The molecule has 11 heteroatoms. The molecule has 2 aromatic heterocycles. The van der Waals surface area contributed by atoms with Crippen LogP contribution in [0.5, 0.6) is 0 Å². The Bertz CT molecular complexity index is 1190. The fourth-order valence-electron chi connectivity index (χ4n) is 4.77. The number of anilines is 2. The van der Waals surface area contributed by atoms with E-state index in [1.54, 1.807) is 18.5 Å². The normalized spacial score (nSPS) is 17.3. The lowest BCUT2D eigenvalue weighted by atomic mass is 9.74. The predicted octanol–water partition coefficient (Wildman–Crippen LogP) is 4.58. The molecule has 0 aliphatic carbocycles. The van der Waals surface area contributed by atoms with Gasteiger partial charge in [-0.3, -0.25) is 0 Å². The molecule has 0 saturated carbocycles. The highest BCUT2D eigenvalue weighted by atomic mass is 32.2. The van der Waals surface area contributed by atoms with Crippen molar-refractivity contribution in [3.05, 3.63) is 60.2 Å². The number of thiocarbonyl (C=S) groups is 1. The monoisotopic (exact) mass is 539 g/mol. The molecule has 0 amide bonds. The van der Waals surface area contributed by atoms with Crippen molar-refractivity contribution in [3.8, 4) is 0 Å². The van der Waals surface area contributed by atoms with Crippen LogP contribution in [0.25, 0.3) is 0 Å². The Kier molecular flexibility index (Phi) is 8.42. The van der Waals surface area contributed by atoms with Crippen LogP contribution >= 0.6 is 24.0 Å². The number of piperidine rings is 1. The molecular weight excluding hydrogens is 509 g/mol. The molecule has 37 heavy (non-hydrogen) atoms. The predicted molar refractivity (Wildman–Crippen MR) is 147 cm³/mol. The van der Waals surface area contributed by atoms with Gasteiger partial charge in [0.25, 0.3) is 0 Å². The molecule has 0 radical (unpaired) electrons. The smallest absolute Gasteiger partial charge is 0.232 e. The lowest BCUT2D eigenvalue weighted by Gasteiger charge is -2.38. The summed E-state index contributed by atoms with van der Waals surface area (Å²) in [4.78, 5) is 20.4. The van der Waals surface area contributed by atoms with Crippen molar-refractivity contribution in [1.82, 2.24) is 25.3 Å². The summed E-state index contributed by atoms with van der Waals surface area (Å²) in [5.74, 6) is 1.06. The average Bonchev–Trinajstić information content (AvgIpc) is 2.94. The Morgan fingerprint density at radius 1 is 1.05 bits per heavy atom. The minimum absolute atomic E-state index is 0.195. The molecule has 8 nitrogen and oxygen atoms in total. The Morgan fingerprint density at radius 2 is 1.78 bits per heavy atom. The lowest BCUT2D eigenvalue weighted by Crippen LogP contribution is -2.45. The topological polar surface area (TPSA) is 88.1 Å². The zero-order valence-electron chi connectivity index (χ0n) is 20.5. The maximum absolute atomic E-state index is 13.6. The van der Waals surface area contributed by atoms with Gasteiger partial charge >= 0.3 is 0 Å². The van der Waals surface area contributed by atoms with Gasteiger partial charge in [-0.25, -0.2) is 19.3 Å². The Hall–Kier alpha value is -2.89. The molecule has 3 aromatic rings. The third kappa shape index (κ3) is 6.71. The molecule has 2 aliphatic rings. The number of nitrogens with zero attached hydrogens (tertiary/aromatic N) is 5. The van der Waals surface area contributed by atoms with Gasteiger partial charge in [-0.1, -0.05) is 12.1 Å². The molecule has 194 valence electrons. The molecule has 0 spiro atoms. The molecular formula is C26H30FN7OS2. The molecule has 2 N–H and O–H groups in total. The Balaban J connectivity index is 1.32. The third-order valence-corrected chi connectivity index (χ3v) is 7.88. The quantitative estimate of drug-likeness (QED) is 0.253. The van der Waals surface area contributed by atoms with Gasteiger partial charge in [0.05, 0.1) is 0 Å². The summed E-state index contributed by atoms with van der Waals surface area (Å²) < 4.78 is 19.2. The largest absolute Gasteiger partial charge is 0.381 e. The molecule has 0 atom stereocenters. The van der Waals surface area contributed by atoms with Crippen LogP contribution in [-0.2, 0) is 10.2 Å². The molecule has 1 aromatic carbocycles. The van der Waals surface area contributed by atoms with Crippen LogP contribution in [0.3, 0.4) is 0 Å². The summed E-state index contributed by atoms with van der Waals surface area (Å²) >= 11 is 7.05. The van der Waals surface area contributed by atoms with Gasteiger partial charge in [-0.05, 0) is 79.8 Å². The maximum atomic E-state index is 13.6. The van der Waals surface area contributed by atoms with E-state index in [0.29, 0.717) is 36.0 Å². The Morgan fingerprint density at radius 3 is 2.51 bits per heavy atom. The summed E-state index contributed by atoms with van der Waals surface area (Å²) in [5, 5.41) is 8.37. The zero-order valence-corrected chi connectivity index (χ0v) is 22.2. The van der Waals surface area contributed by atoms with Crippen LogP contribution in [0, 0.1) is 5.82 Å². The van der Waals surface area contributed by atoms with Crippen molar-refractivity contribution < 1.29 is 9.13 Å². The third-order valence-electron chi connectivity index (χ3n) is 6.83. The summed E-state index contributed by atoms with van der Waals surface area (Å²) in [6.45, 7) is 3.84. The van der Waals surface area contributed by atoms with E-state index in [9.17, 15) is 4.39 Å². The average molecular weight is 540 g/mol. The number of rotatable bonds is 7. The number of hydrogen-bond acceptors (Lipinski definition) is 8. The van der Waals surface area contributed by atoms with Crippen LogP contribution in [0.2, 0.25) is 0 Å².